The maximum atomic E-state index is 9.20. The van der Waals surface area contributed by atoms with Crippen LogP contribution in [-0.4, -0.2) is 27.0 Å². The zero-order valence-electron chi connectivity index (χ0n) is 7.28. The van der Waals surface area contributed by atoms with Crippen LogP contribution in [0.15, 0.2) is 6.07 Å². The molecule has 4 nitrogen and oxygen atoms in total. The first-order valence-electron chi connectivity index (χ1n) is 3.99. The molecule has 0 aliphatic rings. The Kier molecular flexibility index (Phi) is 2.83. The molecule has 1 heterocycles. The normalized spacial score (nSPS) is 13.8. The summed E-state index contributed by atoms with van der Waals surface area (Å²) < 4.78 is 0. The molecule has 0 bridgehead atoms. The van der Waals surface area contributed by atoms with Gasteiger partial charge in [-0.05, 0) is 12.0 Å². The fourth-order valence-electron chi connectivity index (χ4n) is 0.918. The molecule has 0 saturated heterocycles. The summed E-state index contributed by atoms with van der Waals surface area (Å²) in [5, 5.41) is 24.5. The first kappa shape index (κ1) is 9.22. The van der Waals surface area contributed by atoms with Gasteiger partial charge in [-0.15, -0.1) is 0 Å². The van der Waals surface area contributed by atoms with Crippen LogP contribution in [0.2, 0.25) is 0 Å². The van der Waals surface area contributed by atoms with Crippen LogP contribution in [-0.2, 0) is 0 Å². The SMILES string of the molecule is CC(C)c1cc(C(O)CO)[nH]n1. The van der Waals surface area contributed by atoms with E-state index in [1.54, 1.807) is 6.07 Å². The minimum absolute atomic E-state index is 0.278. The first-order chi connectivity index (χ1) is 5.65. The first-order valence-corrected chi connectivity index (χ1v) is 3.99. The third kappa shape index (κ3) is 1.84. The summed E-state index contributed by atoms with van der Waals surface area (Å²) in [7, 11) is 0. The van der Waals surface area contributed by atoms with Crippen LogP contribution in [0, 0.1) is 0 Å². The molecular formula is C8H14N2O2. The number of nitrogens with one attached hydrogen (secondary N) is 1. The maximum absolute atomic E-state index is 9.20. The molecule has 3 N–H and O–H groups in total. The summed E-state index contributed by atoms with van der Waals surface area (Å²) in [6, 6.07) is 1.77. The Hall–Kier alpha value is -0.870. The van der Waals surface area contributed by atoms with Crippen LogP contribution in [0.1, 0.15) is 37.3 Å². The zero-order valence-corrected chi connectivity index (χ0v) is 7.28. The van der Waals surface area contributed by atoms with Crippen molar-refractivity contribution in [2.24, 2.45) is 0 Å². The van der Waals surface area contributed by atoms with Crippen LogP contribution in [0.25, 0.3) is 0 Å². The summed E-state index contributed by atoms with van der Waals surface area (Å²) in [5.74, 6) is 0.334. The van der Waals surface area contributed by atoms with Crippen molar-refractivity contribution in [3.8, 4) is 0 Å². The summed E-state index contributed by atoms with van der Waals surface area (Å²) in [6.07, 6.45) is -0.843. The van der Waals surface area contributed by atoms with E-state index in [2.05, 4.69) is 10.2 Å². The van der Waals surface area contributed by atoms with E-state index < -0.39 is 6.10 Å². The van der Waals surface area contributed by atoms with Gasteiger partial charge in [-0.25, -0.2) is 0 Å². The highest BCUT2D eigenvalue weighted by Crippen LogP contribution is 2.16. The molecule has 1 unspecified atom stereocenters. The van der Waals surface area contributed by atoms with Gasteiger partial charge in [0.2, 0.25) is 0 Å². The van der Waals surface area contributed by atoms with E-state index in [0.29, 0.717) is 11.6 Å². The predicted octanol–water partition coefficient (Wildman–Crippen LogP) is 0.559. The maximum Gasteiger partial charge on any atom is 0.118 e. The number of hydrogen-bond acceptors (Lipinski definition) is 3. The van der Waals surface area contributed by atoms with Gasteiger partial charge in [0.15, 0.2) is 0 Å². The number of aliphatic hydroxyl groups excluding tert-OH is 2. The van der Waals surface area contributed by atoms with Crippen LogP contribution >= 0.6 is 0 Å². The van der Waals surface area contributed by atoms with Crippen molar-refractivity contribution in [1.82, 2.24) is 10.2 Å². The Labute approximate surface area is 71.2 Å². The van der Waals surface area contributed by atoms with Crippen molar-refractivity contribution in [1.29, 1.82) is 0 Å². The van der Waals surface area contributed by atoms with E-state index in [9.17, 15) is 5.11 Å². The number of rotatable bonds is 3. The Bertz CT molecular complexity index is 245. The van der Waals surface area contributed by atoms with E-state index in [1.165, 1.54) is 0 Å². The molecule has 0 saturated carbocycles. The number of aliphatic hydroxyl groups is 2. The minimum atomic E-state index is -0.843. The molecule has 0 aliphatic carbocycles. The monoisotopic (exact) mass is 170 g/mol. The van der Waals surface area contributed by atoms with Crippen LogP contribution < -0.4 is 0 Å². The topological polar surface area (TPSA) is 69.1 Å². The van der Waals surface area contributed by atoms with Gasteiger partial charge in [0.1, 0.15) is 6.10 Å². The number of aromatic amines is 1. The third-order valence-electron chi connectivity index (χ3n) is 1.74. The Morgan fingerprint density at radius 2 is 2.25 bits per heavy atom. The van der Waals surface area contributed by atoms with Gasteiger partial charge in [-0.2, -0.15) is 5.10 Å². The van der Waals surface area contributed by atoms with E-state index in [-0.39, 0.29) is 6.61 Å². The Morgan fingerprint density at radius 1 is 1.58 bits per heavy atom. The Balaban J connectivity index is 2.77. The average molecular weight is 170 g/mol. The summed E-state index contributed by atoms with van der Waals surface area (Å²) >= 11 is 0. The highest BCUT2D eigenvalue weighted by Gasteiger charge is 2.10. The van der Waals surface area contributed by atoms with E-state index >= 15 is 0 Å². The molecule has 1 aromatic heterocycles. The van der Waals surface area contributed by atoms with Crippen molar-refractivity contribution in [3.05, 3.63) is 17.5 Å². The summed E-state index contributed by atoms with van der Waals surface area (Å²) in [4.78, 5) is 0. The molecule has 0 aromatic carbocycles. The molecule has 1 aromatic rings. The van der Waals surface area contributed by atoms with Gasteiger partial charge in [0.05, 0.1) is 18.0 Å². The molecule has 1 atom stereocenters. The lowest BCUT2D eigenvalue weighted by Gasteiger charge is -2.01. The van der Waals surface area contributed by atoms with E-state index in [1.807, 2.05) is 13.8 Å². The molecule has 4 heteroatoms. The largest absolute Gasteiger partial charge is 0.393 e. The predicted molar refractivity (Wildman–Crippen MR) is 44.7 cm³/mol. The van der Waals surface area contributed by atoms with Crippen molar-refractivity contribution in [2.45, 2.75) is 25.9 Å². The van der Waals surface area contributed by atoms with Crippen LogP contribution in [0.4, 0.5) is 0 Å². The lowest BCUT2D eigenvalue weighted by atomic mass is 10.1. The lowest BCUT2D eigenvalue weighted by Crippen LogP contribution is -2.02. The van der Waals surface area contributed by atoms with Crippen LogP contribution in [0.5, 0.6) is 0 Å². The van der Waals surface area contributed by atoms with Gasteiger partial charge in [0, 0.05) is 0 Å². The second-order valence-electron chi connectivity index (χ2n) is 3.10. The number of hydrogen-bond donors (Lipinski definition) is 3. The fourth-order valence-corrected chi connectivity index (χ4v) is 0.918. The molecule has 0 radical (unpaired) electrons. The smallest absolute Gasteiger partial charge is 0.118 e. The van der Waals surface area contributed by atoms with E-state index in [4.69, 9.17) is 5.11 Å². The highest BCUT2D eigenvalue weighted by atomic mass is 16.3. The van der Waals surface area contributed by atoms with Gasteiger partial charge in [0.25, 0.3) is 0 Å². The van der Waals surface area contributed by atoms with Gasteiger partial charge in [-0.3, -0.25) is 5.10 Å². The minimum Gasteiger partial charge on any atom is -0.393 e. The van der Waals surface area contributed by atoms with Gasteiger partial charge >= 0.3 is 0 Å². The third-order valence-corrected chi connectivity index (χ3v) is 1.74. The number of H-pyrrole nitrogens is 1. The molecule has 1 rings (SSSR count). The molecular weight excluding hydrogens is 156 g/mol. The molecule has 0 spiro atoms. The second kappa shape index (κ2) is 3.69. The van der Waals surface area contributed by atoms with Crippen molar-refractivity contribution >= 4 is 0 Å². The second-order valence-corrected chi connectivity index (χ2v) is 3.10. The van der Waals surface area contributed by atoms with Crippen molar-refractivity contribution < 1.29 is 10.2 Å². The molecule has 0 aliphatic heterocycles. The Morgan fingerprint density at radius 3 is 2.67 bits per heavy atom. The highest BCUT2D eigenvalue weighted by molar-refractivity contribution is 5.13. The zero-order chi connectivity index (χ0) is 9.14. The standard InChI is InChI=1S/C8H14N2O2/c1-5(2)6-3-7(10-9-6)8(12)4-11/h3,5,8,11-12H,4H2,1-2H3,(H,9,10). The lowest BCUT2D eigenvalue weighted by molar-refractivity contribution is 0.0922. The fraction of sp³-hybridized carbons (Fsp3) is 0.625. The number of aromatic nitrogens is 2. The summed E-state index contributed by atoms with van der Waals surface area (Å²) in [6.45, 7) is 3.76. The molecule has 0 amide bonds. The van der Waals surface area contributed by atoms with Crippen molar-refractivity contribution in [2.75, 3.05) is 6.61 Å². The number of nitrogens with zero attached hydrogens (tertiary/aromatic N) is 1. The van der Waals surface area contributed by atoms with Crippen molar-refractivity contribution in [3.63, 3.8) is 0 Å². The van der Waals surface area contributed by atoms with Crippen LogP contribution in [0.3, 0.4) is 0 Å². The van der Waals surface area contributed by atoms with E-state index in [0.717, 1.165) is 5.69 Å². The van der Waals surface area contributed by atoms with Gasteiger partial charge < -0.3 is 10.2 Å². The molecule has 0 fully saturated rings. The average Bonchev–Trinajstić information content (AvgIpc) is 2.51. The molecule has 68 valence electrons. The quantitative estimate of drug-likeness (QED) is 0.620. The summed E-state index contributed by atoms with van der Waals surface area (Å²) in [5.41, 5.74) is 1.47. The molecule has 12 heavy (non-hydrogen) atoms. The van der Waals surface area contributed by atoms with Gasteiger partial charge in [-0.1, -0.05) is 13.8 Å².